The van der Waals surface area contributed by atoms with Gasteiger partial charge in [-0.05, 0) is 30.5 Å². The molecule has 6 nitrogen and oxygen atoms in total. The lowest BCUT2D eigenvalue weighted by Gasteiger charge is -2.19. The fourth-order valence-electron chi connectivity index (χ4n) is 2.99. The van der Waals surface area contributed by atoms with Gasteiger partial charge in [0.2, 0.25) is 0 Å². The Morgan fingerprint density at radius 3 is 2.60 bits per heavy atom. The topological polar surface area (TPSA) is 116 Å². The standard InChI is InChI=1S/C18H25BN2O4/c1-12(22)7-17-4-2-3-16(19(24)25-17)9-18(23)13-5-6-14(10-20)15(8-13)11-21/h2,4-6,8,16-17,24H,3,7,9-11,20-21H2,1H3/t16-,17-/m1/s1. The molecular formula is C18H25BN2O4. The van der Waals surface area contributed by atoms with Gasteiger partial charge in [0.15, 0.2) is 5.78 Å². The van der Waals surface area contributed by atoms with Crippen LogP contribution in [0.2, 0.25) is 5.82 Å². The third kappa shape index (κ3) is 5.34. The Morgan fingerprint density at radius 1 is 1.24 bits per heavy atom. The van der Waals surface area contributed by atoms with Crippen LogP contribution in [-0.2, 0) is 22.5 Å². The SMILES string of the molecule is CC(=O)C[C@H]1C=CC[C@H](CC(=O)c2ccc(CN)c(CN)c2)B(O)O1. The lowest BCUT2D eigenvalue weighted by atomic mass is 9.67. The summed E-state index contributed by atoms with van der Waals surface area (Å²) < 4.78 is 5.51. The van der Waals surface area contributed by atoms with Crippen LogP contribution in [-0.4, -0.2) is 29.8 Å². The van der Waals surface area contributed by atoms with Crippen molar-refractivity contribution in [1.82, 2.24) is 0 Å². The van der Waals surface area contributed by atoms with Crippen molar-refractivity contribution in [2.75, 3.05) is 0 Å². The minimum Gasteiger partial charge on any atom is -0.427 e. The molecule has 134 valence electrons. The first-order valence-electron chi connectivity index (χ1n) is 8.49. The molecule has 5 N–H and O–H groups in total. The quantitative estimate of drug-likeness (QED) is 0.391. The maximum absolute atomic E-state index is 12.6. The minimum atomic E-state index is -1.08. The van der Waals surface area contributed by atoms with Crippen molar-refractivity contribution in [1.29, 1.82) is 0 Å². The molecule has 1 aromatic rings. The van der Waals surface area contributed by atoms with Crippen LogP contribution < -0.4 is 11.5 Å². The highest BCUT2D eigenvalue weighted by Gasteiger charge is 2.32. The molecule has 25 heavy (non-hydrogen) atoms. The first kappa shape index (κ1) is 19.5. The number of hydrogen-bond donors (Lipinski definition) is 3. The predicted molar refractivity (Wildman–Crippen MR) is 96.8 cm³/mol. The summed E-state index contributed by atoms with van der Waals surface area (Å²) >= 11 is 0. The molecule has 0 amide bonds. The van der Waals surface area contributed by atoms with Crippen molar-refractivity contribution < 1.29 is 19.3 Å². The molecule has 2 rings (SSSR count). The molecule has 1 heterocycles. The largest absolute Gasteiger partial charge is 0.458 e. The van der Waals surface area contributed by atoms with E-state index in [1.807, 2.05) is 12.1 Å². The van der Waals surface area contributed by atoms with Gasteiger partial charge in [-0.15, -0.1) is 0 Å². The molecule has 2 atom stereocenters. The molecule has 0 radical (unpaired) electrons. The van der Waals surface area contributed by atoms with Crippen LogP contribution in [0.15, 0.2) is 30.4 Å². The summed E-state index contributed by atoms with van der Waals surface area (Å²) in [7, 11) is -1.08. The van der Waals surface area contributed by atoms with Gasteiger partial charge < -0.3 is 21.1 Å². The number of allylic oxidation sites excluding steroid dienone is 1. The average Bonchev–Trinajstić information content (AvgIpc) is 2.75. The van der Waals surface area contributed by atoms with Crippen LogP contribution in [0.1, 0.15) is 47.7 Å². The summed E-state index contributed by atoms with van der Waals surface area (Å²) in [5.74, 6) is -0.439. The van der Waals surface area contributed by atoms with Crippen molar-refractivity contribution in [3.8, 4) is 0 Å². The van der Waals surface area contributed by atoms with Crippen LogP contribution in [0.25, 0.3) is 0 Å². The fraction of sp³-hybridized carbons (Fsp3) is 0.444. The van der Waals surface area contributed by atoms with E-state index in [0.717, 1.165) is 11.1 Å². The molecule has 0 aromatic heterocycles. The fourth-order valence-corrected chi connectivity index (χ4v) is 2.99. The summed E-state index contributed by atoms with van der Waals surface area (Å²) in [6.07, 6.45) is 4.09. The van der Waals surface area contributed by atoms with Crippen molar-refractivity contribution in [3.63, 3.8) is 0 Å². The van der Waals surface area contributed by atoms with Gasteiger partial charge in [0, 0.05) is 37.3 Å². The Labute approximate surface area is 148 Å². The Kier molecular flexibility index (Phi) is 7.07. The first-order valence-corrected chi connectivity index (χ1v) is 8.49. The smallest absolute Gasteiger partial charge is 0.427 e. The summed E-state index contributed by atoms with van der Waals surface area (Å²) in [4.78, 5) is 23.8. The Morgan fingerprint density at radius 2 is 1.96 bits per heavy atom. The van der Waals surface area contributed by atoms with Crippen LogP contribution in [0.3, 0.4) is 0 Å². The van der Waals surface area contributed by atoms with Crippen LogP contribution in [0, 0.1) is 0 Å². The van der Waals surface area contributed by atoms with E-state index in [4.69, 9.17) is 16.1 Å². The van der Waals surface area contributed by atoms with E-state index in [-0.39, 0.29) is 30.2 Å². The van der Waals surface area contributed by atoms with Gasteiger partial charge in [-0.2, -0.15) is 0 Å². The zero-order chi connectivity index (χ0) is 18.4. The summed E-state index contributed by atoms with van der Waals surface area (Å²) in [6.45, 7) is 2.17. The number of hydrogen-bond acceptors (Lipinski definition) is 6. The van der Waals surface area contributed by atoms with Gasteiger partial charge in [0.1, 0.15) is 5.78 Å². The van der Waals surface area contributed by atoms with E-state index in [1.54, 1.807) is 18.2 Å². The molecule has 0 bridgehead atoms. The van der Waals surface area contributed by atoms with Gasteiger partial charge in [-0.25, -0.2) is 0 Å². The molecule has 0 fully saturated rings. The van der Waals surface area contributed by atoms with Gasteiger partial charge in [-0.3, -0.25) is 9.59 Å². The van der Waals surface area contributed by atoms with Gasteiger partial charge >= 0.3 is 7.12 Å². The zero-order valence-electron chi connectivity index (χ0n) is 14.5. The molecular weight excluding hydrogens is 319 g/mol. The van der Waals surface area contributed by atoms with Crippen molar-refractivity contribution >= 4 is 18.7 Å². The van der Waals surface area contributed by atoms with E-state index in [0.29, 0.717) is 25.1 Å². The normalized spacial score (nSPS) is 20.4. The predicted octanol–water partition coefficient (Wildman–Crippen LogP) is 1.35. The molecule has 0 saturated carbocycles. The van der Waals surface area contributed by atoms with E-state index in [1.165, 1.54) is 6.92 Å². The van der Waals surface area contributed by atoms with Crippen molar-refractivity contribution in [3.05, 3.63) is 47.0 Å². The third-order valence-corrected chi connectivity index (χ3v) is 4.41. The summed E-state index contributed by atoms with van der Waals surface area (Å²) in [5.41, 5.74) is 13.7. The average molecular weight is 344 g/mol. The van der Waals surface area contributed by atoms with E-state index in [9.17, 15) is 14.6 Å². The monoisotopic (exact) mass is 344 g/mol. The highest BCUT2D eigenvalue weighted by Crippen LogP contribution is 2.27. The molecule has 7 heteroatoms. The lowest BCUT2D eigenvalue weighted by Crippen LogP contribution is -2.30. The Balaban J connectivity index is 2.05. The van der Waals surface area contributed by atoms with E-state index < -0.39 is 13.2 Å². The Hall–Kier alpha value is -1.80. The van der Waals surface area contributed by atoms with Crippen LogP contribution in [0.4, 0.5) is 0 Å². The van der Waals surface area contributed by atoms with Gasteiger partial charge in [-0.1, -0.05) is 24.3 Å². The maximum atomic E-state index is 12.6. The molecule has 0 unspecified atom stereocenters. The van der Waals surface area contributed by atoms with E-state index >= 15 is 0 Å². The van der Waals surface area contributed by atoms with Crippen LogP contribution in [0.5, 0.6) is 0 Å². The van der Waals surface area contributed by atoms with Gasteiger partial charge in [0.05, 0.1) is 6.10 Å². The number of rotatable bonds is 7. The first-order chi connectivity index (χ1) is 11.9. The number of nitrogens with two attached hydrogens (primary N) is 2. The molecule has 1 aliphatic rings. The summed E-state index contributed by atoms with van der Waals surface area (Å²) in [5, 5.41) is 10.2. The minimum absolute atomic E-state index is 0.00863. The third-order valence-electron chi connectivity index (χ3n) is 4.41. The highest BCUT2D eigenvalue weighted by atomic mass is 16.5. The Bertz CT molecular complexity index is 662. The van der Waals surface area contributed by atoms with Gasteiger partial charge in [0.25, 0.3) is 0 Å². The second-order valence-electron chi connectivity index (χ2n) is 6.41. The molecule has 1 aromatic carbocycles. The zero-order valence-corrected chi connectivity index (χ0v) is 14.5. The molecule has 0 spiro atoms. The number of Topliss-reactive ketones (excluding diaryl/α,β-unsaturated/α-hetero) is 2. The van der Waals surface area contributed by atoms with Crippen molar-refractivity contribution in [2.24, 2.45) is 11.5 Å². The second kappa shape index (κ2) is 9.06. The number of benzene rings is 1. The number of carbonyl (C=O) groups is 2. The maximum Gasteiger partial charge on any atom is 0.458 e. The molecule has 1 aliphatic heterocycles. The second-order valence-corrected chi connectivity index (χ2v) is 6.41. The highest BCUT2D eigenvalue weighted by molar-refractivity contribution is 6.45. The number of ketones is 2. The molecule has 0 aliphatic carbocycles. The van der Waals surface area contributed by atoms with Crippen molar-refractivity contribution in [2.45, 2.75) is 51.2 Å². The lowest BCUT2D eigenvalue weighted by molar-refractivity contribution is -0.118. The number of carbonyl (C=O) groups excluding carboxylic acids is 2. The molecule has 0 saturated heterocycles. The summed E-state index contributed by atoms with van der Waals surface area (Å²) in [6, 6.07) is 5.32. The van der Waals surface area contributed by atoms with Crippen LogP contribution >= 0.6 is 0 Å². The van der Waals surface area contributed by atoms with E-state index in [2.05, 4.69) is 0 Å².